The van der Waals surface area contributed by atoms with Crippen LogP contribution in [-0.4, -0.2) is 18.6 Å². The lowest BCUT2D eigenvalue weighted by Gasteiger charge is -2.09. The van der Waals surface area contributed by atoms with Gasteiger partial charge in [0.25, 0.3) is 0 Å². The molecule has 1 aromatic carbocycles. The maximum atomic E-state index is 13.2. The van der Waals surface area contributed by atoms with Gasteiger partial charge in [-0.1, -0.05) is 13.8 Å². The highest BCUT2D eigenvalue weighted by atomic mass is 19.1. The third kappa shape index (κ3) is 3.49. The molecule has 98 valence electrons. The van der Waals surface area contributed by atoms with Crippen LogP contribution in [0.2, 0.25) is 0 Å². The van der Waals surface area contributed by atoms with E-state index in [4.69, 9.17) is 0 Å². The molecule has 0 saturated carbocycles. The summed E-state index contributed by atoms with van der Waals surface area (Å²) in [6.45, 7) is 8.03. The van der Waals surface area contributed by atoms with Gasteiger partial charge in [-0.15, -0.1) is 0 Å². The van der Waals surface area contributed by atoms with Crippen LogP contribution in [0.3, 0.4) is 0 Å². The molecular formula is C15H21FN2. The largest absolute Gasteiger partial charge is 0.270 e. The van der Waals surface area contributed by atoms with Gasteiger partial charge in [-0.3, -0.25) is 4.99 Å². The fourth-order valence-corrected chi connectivity index (χ4v) is 1.60. The minimum atomic E-state index is -0.197. The van der Waals surface area contributed by atoms with Gasteiger partial charge in [-0.25, -0.2) is 9.38 Å². The molecule has 0 aliphatic rings. The molecule has 1 aromatic rings. The number of hydrogen-bond acceptors (Lipinski definition) is 1. The highest BCUT2D eigenvalue weighted by molar-refractivity contribution is 6.06. The van der Waals surface area contributed by atoms with E-state index in [1.54, 1.807) is 26.1 Å². The predicted molar refractivity (Wildman–Crippen MR) is 76.2 cm³/mol. The zero-order valence-electron chi connectivity index (χ0n) is 11.8. The lowest BCUT2D eigenvalue weighted by molar-refractivity contribution is 0.618. The smallest absolute Gasteiger partial charge is 0.154 e. The van der Waals surface area contributed by atoms with E-state index in [0.717, 1.165) is 17.7 Å². The molecule has 3 heteroatoms. The summed E-state index contributed by atoms with van der Waals surface area (Å²) in [5.41, 5.74) is 2.53. The Morgan fingerprint density at radius 1 is 1.39 bits per heavy atom. The molecule has 0 bridgehead atoms. The van der Waals surface area contributed by atoms with Crippen molar-refractivity contribution in [1.82, 2.24) is 0 Å². The molecule has 0 heterocycles. The van der Waals surface area contributed by atoms with E-state index in [1.165, 1.54) is 6.07 Å². The van der Waals surface area contributed by atoms with Gasteiger partial charge < -0.3 is 0 Å². The minimum Gasteiger partial charge on any atom is -0.270 e. The lowest BCUT2D eigenvalue weighted by atomic mass is 10.0. The van der Waals surface area contributed by atoms with Crippen LogP contribution in [0.1, 0.15) is 38.3 Å². The van der Waals surface area contributed by atoms with Crippen molar-refractivity contribution in [2.45, 2.75) is 34.1 Å². The van der Waals surface area contributed by atoms with Crippen LogP contribution in [0.4, 0.5) is 4.39 Å². The molecule has 0 aliphatic heterocycles. The Morgan fingerprint density at radius 2 is 2.06 bits per heavy atom. The number of aryl methyl sites for hydroxylation is 1. The van der Waals surface area contributed by atoms with Crippen LogP contribution in [0.15, 0.2) is 28.2 Å². The first-order chi connectivity index (χ1) is 8.49. The Morgan fingerprint density at radius 3 is 2.56 bits per heavy atom. The summed E-state index contributed by atoms with van der Waals surface area (Å²) in [5.74, 6) is 0.899. The summed E-state index contributed by atoms with van der Waals surface area (Å²) >= 11 is 0. The Hall–Kier alpha value is -1.51. The second kappa shape index (κ2) is 6.43. The van der Waals surface area contributed by atoms with E-state index in [1.807, 2.05) is 6.92 Å². The van der Waals surface area contributed by atoms with Crippen molar-refractivity contribution in [2.75, 3.05) is 7.05 Å². The molecule has 0 aromatic heterocycles. The average molecular weight is 248 g/mol. The number of benzene rings is 1. The molecule has 1 unspecified atom stereocenters. The third-order valence-corrected chi connectivity index (χ3v) is 3.24. The van der Waals surface area contributed by atoms with E-state index in [-0.39, 0.29) is 5.82 Å². The standard InChI is InChI=1S/C15H21FN2/c1-6-10(2)12(4)18-15(17-5)13-7-8-14(16)11(3)9-13/h7-10H,6H2,1-5H3. The Balaban J connectivity index is 3.08. The molecule has 0 radical (unpaired) electrons. The molecule has 2 nitrogen and oxygen atoms in total. The number of halogens is 1. The molecule has 0 fully saturated rings. The van der Waals surface area contributed by atoms with Crippen LogP contribution >= 0.6 is 0 Å². The van der Waals surface area contributed by atoms with Crippen LogP contribution in [0.5, 0.6) is 0 Å². The summed E-state index contributed by atoms with van der Waals surface area (Å²) in [5, 5.41) is 0. The van der Waals surface area contributed by atoms with Gasteiger partial charge in [-0.05, 0) is 49.9 Å². The lowest BCUT2D eigenvalue weighted by Crippen LogP contribution is -2.10. The van der Waals surface area contributed by atoms with Gasteiger partial charge in [-0.2, -0.15) is 0 Å². The molecule has 0 aliphatic carbocycles. The molecule has 0 N–H and O–H groups in total. The zero-order chi connectivity index (χ0) is 13.7. The molecule has 0 spiro atoms. The van der Waals surface area contributed by atoms with Gasteiger partial charge >= 0.3 is 0 Å². The number of amidine groups is 1. The molecule has 18 heavy (non-hydrogen) atoms. The van der Waals surface area contributed by atoms with Gasteiger partial charge in [0, 0.05) is 18.3 Å². The van der Waals surface area contributed by atoms with Crippen molar-refractivity contribution in [1.29, 1.82) is 0 Å². The van der Waals surface area contributed by atoms with E-state index in [2.05, 4.69) is 23.8 Å². The molecule has 1 atom stereocenters. The summed E-state index contributed by atoms with van der Waals surface area (Å²) in [7, 11) is 1.71. The van der Waals surface area contributed by atoms with Gasteiger partial charge in [0.15, 0.2) is 5.84 Å². The van der Waals surface area contributed by atoms with E-state index in [9.17, 15) is 4.39 Å². The molecular weight excluding hydrogens is 227 g/mol. The molecule has 0 amide bonds. The van der Waals surface area contributed by atoms with Crippen LogP contribution < -0.4 is 0 Å². The van der Waals surface area contributed by atoms with Crippen molar-refractivity contribution in [3.05, 3.63) is 35.1 Å². The quantitative estimate of drug-likeness (QED) is 0.570. The van der Waals surface area contributed by atoms with E-state index in [0.29, 0.717) is 17.3 Å². The van der Waals surface area contributed by atoms with E-state index < -0.39 is 0 Å². The molecule has 1 rings (SSSR count). The summed E-state index contributed by atoms with van der Waals surface area (Å²) < 4.78 is 13.2. The normalized spacial score (nSPS) is 14.8. The Kier molecular flexibility index (Phi) is 5.20. The maximum Gasteiger partial charge on any atom is 0.154 e. The van der Waals surface area contributed by atoms with Crippen molar-refractivity contribution >= 4 is 11.5 Å². The topological polar surface area (TPSA) is 24.7 Å². The van der Waals surface area contributed by atoms with Crippen LogP contribution in [0.25, 0.3) is 0 Å². The highest BCUT2D eigenvalue weighted by Crippen LogP contribution is 2.12. The minimum absolute atomic E-state index is 0.197. The number of rotatable bonds is 3. The first kappa shape index (κ1) is 14.6. The number of nitrogens with zero attached hydrogens (tertiary/aromatic N) is 2. The third-order valence-electron chi connectivity index (χ3n) is 3.24. The molecule has 0 saturated heterocycles. The Bertz CT molecular complexity index is 475. The summed E-state index contributed by atoms with van der Waals surface area (Å²) in [6.07, 6.45) is 1.05. The predicted octanol–water partition coefficient (Wildman–Crippen LogP) is 4.02. The van der Waals surface area contributed by atoms with Crippen molar-refractivity contribution in [3.8, 4) is 0 Å². The zero-order valence-corrected chi connectivity index (χ0v) is 11.8. The van der Waals surface area contributed by atoms with Crippen LogP contribution in [0, 0.1) is 18.7 Å². The second-order valence-corrected chi connectivity index (χ2v) is 4.57. The highest BCUT2D eigenvalue weighted by Gasteiger charge is 2.08. The average Bonchev–Trinajstić information content (AvgIpc) is 2.38. The van der Waals surface area contributed by atoms with Crippen molar-refractivity contribution in [3.63, 3.8) is 0 Å². The summed E-state index contributed by atoms with van der Waals surface area (Å²) in [6, 6.07) is 4.97. The van der Waals surface area contributed by atoms with Crippen LogP contribution in [-0.2, 0) is 0 Å². The first-order valence-corrected chi connectivity index (χ1v) is 6.28. The fourth-order valence-electron chi connectivity index (χ4n) is 1.60. The fraction of sp³-hybridized carbons (Fsp3) is 0.467. The first-order valence-electron chi connectivity index (χ1n) is 6.28. The van der Waals surface area contributed by atoms with Gasteiger partial charge in [0.2, 0.25) is 0 Å². The Labute approximate surface area is 109 Å². The van der Waals surface area contributed by atoms with E-state index >= 15 is 0 Å². The maximum absolute atomic E-state index is 13.2. The SMILES string of the molecule is CCC(C)C(C)=NC(=NC)c1ccc(F)c(C)c1. The second-order valence-electron chi connectivity index (χ2n) is 4.57. The number of aliphatic imine (C=N–C) groups is 2. The van der Waals surface area contributed by atoms with Crippen molar-refractivity contribution in [2.24, 2.45) is 15.9 Å². The van der Waals surface area contributed by atoms with Crippen molar-refractivity contribution < 1.29 is 4.39 Å². The summed E-state index contributed by atoms with van der Waals surface area (Å²) in [4.78, 5) is 8.74. The van der Waals surface area contributed by atoms with Gasteiger partial charge in [0.05, 0.1) is 0 Å². The van der Waals surface area contributed by atoms with Gasteiger partial charge in [0.1, 0.15) is 5.82 Å². The number of hydrogen-bond donors (Lipinski definition) is 0. The monoisotopic (exact) mass is 248 g/mol.